The van der Waals surface area contributed by atoms with E-state index in [-0.39, 0.29) is 24.5 Å². The monoisotopic (exact) mass is 575 g/mol. The number of hydrogen-bond donors (Lipinski definition) is 1. The molecule has 3 aliphatic rings. The van der Waals surface area contributed by atoms with Gasteiger partial charge < -0.3 is 24.5 Å². The van der Waals surface area contributed by atoms with E-state index in [1.165, 1.54) is 12.8 Å². The molecule has 43 heavy (non-hydrogen) atoms. The summed E-state index contributed by atoms with van der Waals surface area (Å²) in [6.07, 6.45) is 9.96. The topological polar surface area (TPSA) is 133 Å². The molecule has 2 unspecified atom stereocenters. The van der Waals surface area contributed by atoms with Crippen LogP contribution in [-0.4, -0.2) is 65.4 Å². The highest BCUT2D eigenvalue weighted by Gasteiger charge is 2.47. The number of benzene rings is 1. The molecule has 4 aromatic heterocycles. The fourth-order valence-corrected chi connectivity index (χ4v) is 7.15. The van der Waals surface area contributed by atoms with Gasteiger partial charge in [0.25, 0.3) is 5.91 Å². The van der Waals surface area contributed by atoms with Gasteiger partial charge in [0.2, 0.25) is 0 Å². The second-order valence-electron chi connectivity index (χ2n) is 12.2. The van der Waals surface area contributed by atoms with Crippen molar-refractivity contribution in [3.8, 4) is 23.3 Å². The van der Waals surface area contributed by atoms with Gasteiger partial charge in [-0.1, -0.05) is 0 Å². The number of likely N-dealkylation sites (tertiary alicyclic amines) is 1. The Hall–Kier alpha value is -4.69. The fourth-order valence-electron chi connectivity index (χ4n) is 7.15. The van der Waals surface area contributed by atoms with Crippen molar-refractivity contribution < 1.29 is 9.53 Å². The fraction of sp³-hybridized carbons (Fsp3) is 0.406. The molecule has 11 heteroatoms. The number of fused-ring (bicyclic) bond motifs is 4. The van der Waals surface area contributed by atoms with Crippen molar-refractivity contribution in [1.82, 2.24) is 33.8 Å². The van der Waals surface area contributed by atoms with Crippen LogP contribution in [0.5, 0.6) is 5.75 Å². The Labute approximate surface area is 248 Å². The Morgan fingerprint density at radius 2 is 2.07 bits per heavy atom. The van der Waals surface area contributed by atoms with Gasteiger partial charge in [-0.05, 0) is 67.9 Å². The highest BCUT2D eigenvalue weighted by molar-refractivity contribution is 6.00. The lowest BCUT2D eigenvalue weighted by Gasteiger charge is -2.27. The van der Waals surface area contributed by atoms with Gasteiger partial charge in [0.1, 0.15) is 23.5 Å². The summed E-state index contributed by atoms with van der Waals surface area (Å²) in [6.45, 7) is 2.21. The number of nitriles is 1. The van der Waals surface area contributed by atoms with Crippen molar-refractivity contribution in [2.75, 3.05) is 13.7 Å². The molecule has 3 fully saturated rings. The maximum absolute atomic E-state index is 13.8. The number of amides is 1. The van der Waals surface area contributed by atoms with E-state index in [1.807, 2.05) is 35.5 Å². The van der Waals surface area contributed by atoms with Gasteiger partial charge in [0.15, 0.2) is 5.82 Å². The molecule has 1 aliphatic heterocycles. The minimum Gasteiger partial charge on any atom is -0.494 e. The van der Waals surface area contributed by atoms with Crippen LogP contribution in [-0.2, 0) is 19.6 Å². The molecule has 2 N–H and O–H groups in total. The van der Waals surface area contributed by atoms with E-state index in [2.05, 4.69) is 32.4 Å². The van der Waals surface area contributed by atoms with Gasteiger partial charge in [-0.3, -0.25) is 9.48 Å². The SMILES string of the molecule is COc1cc(C(=O)N2CC3CCC2[C@@H]3N)cc2nc(-c3cc4cccnc4n3CC3CC3)n(Cc3cnn(CC#N)c3)c12. The molecule has 3 atom stereocenters. The van der Waals surface area contributed by atoms with Crippen LogP contribution in [0.2, 0.25) is 0 Å². The van der Waals surface area contributed by atoms with Gasteiger partial charge in [-0.15, -0.1) is 0 Å². The smallest absolute Gasteiger partial charge is 0.254 e. The Balaban J connectivity index is 1.30. The molecule has 5 aromatic rings. The zero-order valence-electron chi connectivity index (χ0n) is 24.1. The highest BCUT2D eigenvalue weighted by Crippen LogP contribution is 2.40. The summed E-state index contributed by atoms with van der Waals surface area (Å²) in [4.78, 5) is 25.7. The lowest BCUT2D eigenvalue weighted by Crippen LogP contribution is -2.41. The number of methoxy groups -OCH3 is 1. The van der Waals surface area contributed by atoms with Crippen LogP contribution in [0.15, 0.2) is 48.9 Å². The predicted molar refractivity (Wildman–Crippen MR) is 160 cm³/mol. The van der Waals surface area contributed by atoms with Gasteiger partial charge in [0, 0.05) is 54.1 Å². The molecule has 1 amide bonds. The summed E-state index contributed by atoms with van der Waals surface area (Å²) in [5.74, 6) is 2.32. The second-order valence-corrected chi connectivity index (χ2v) is 12.2. The first-order valence-electron chi connectivity index (χ1n) is 15.0. The average molecular weight is 576 g/mol. The number of carbonyl (C=O) groups excluding carboxylic acids is 1. The van der Waals surface area contributed by atoms with Crippen LogP contribution in [0.1, 0.15) is 41.6 Å². The zero-order valence-corrected chi connectivity index (χ0v) is 24.1. The third-order valence-corrected chi connectivity index (χ3v) is 9.47. The van der Waals surface area contributed by atoms with Gasteiger partial charge >= 0.3 is 0 Å². The number of nitrogens with zero attached hydrogens (tertiary/aromatic N) is 8. The molecule has 218 valence electrons. The number of piperidine rings is 1. The van der Waals surface area contributed by atoms with Crippen LogP contribution in [0.4, 0.5) is 0 Å². The third kappa shape index (κ3) is 4.28. The summed E-state index contributed by atoms with van der Waals surface area (Å²) in [5.41, 5.74) is 11.3. The van der Waals surface area contributed by atoms with Crippen LogP contribution in [0.3, 0.4) is 0 Å². The largest absolute Gasteiger partial charge is 0.494 e. The first-order valence-corrected chi connectivity index (χ1v) is 15.0. The summed E-state index contributed by atoms with van der Waals surface area (Å²) >= 11 is 0. The molecule has 0 spiro atoms. The van der Waals surface area contributed by atoms with E-state index in [1.54, 1.807) is 18.0 Å². The van der Waals surface area contributed by atoms with Crippen LogP contribution >= 0.6 is 0 Å². The van der Waals surface area contributed by atoms with Crippen molar-refractivity contribution in [3.05, 3.63) is 60.0 Å². The van der Waals surface area contributed by atoms with Gasteiger partial charge in [0.05, 0.1) is 37.1 Å². The highest BCUT2D eigenvalue weighted by atomic mass is 16.5. The lowest BCUT2D eigenvalue weighted by atomic mass is 10.1. The van der Waals surface area contributed by atoms with E-state index < -0.39 is 0 Å². The number of hydrogen-bond acceptors (Lipinski definition) is 7. The van der Waals surface area contributed by atoms with E-state index in [0.717, 1.165) is 53.0 Å². The molecule has 8 rings (SSSR count). The van der Waals surface area contributed by atoms with Crippen molar-refractivity contribution in [3.63, 3.8) is 0 Å². The number of rotatable bonds is 8. The lowest BCUT2D eigenvalue weighted by molar-refractivity contribution is 0.0700. The molecule has 1 saturated heterocycles. The summed E-state index contributed by atoms with van der Waals surface area (Å²) in [6, 6.07) is 12.2. The van der Waals surface area contributed by atoms with E-state index in [0.29, 0.717) is 41.8 Å². The maximum atomic E-state index is 13.8. The average Bonchev–Trinajstić information content (AvgIpc) is 3.31. The molecule has 1 aromatic carbocycles. The molecule has 2 bridgehead atoms. The van der Waals surface area contributed by atoms with Crippen molar-refractivity contribution in [2.45, 2.75) is 57.4 Å². The minimum atomic E-state index is -0.0243. The molecular weight excluding hydrogens is 542 g/mol. The van der Waals surface area contributed by atoms with E-state index >= 15 is 0 Å². The number of aromatic nitrogens is 6. The van der Waals surface area contributed by atoms with Crippen molar-refractivity contribution in [1.29, 1.82) is 5.26 Å². The normalized spacial score (nSPS) is 21.2. The summed E-state index contributed by atoms with van der Waals surface area (Å²) in [5, 5.41) is 14.6. The molecule has 0 radical (unpaired) electrons. The predicted octanol–water partition coefficient (Wildman–Crippen LogP) is 3.80. The quantitative estimate of drug-likeness (QED) is 0.298. The molecule has 11 nitrogen and oxygen atoms in total. The minimum absolute atomic E-state index is 0.0243. The molecule has 5 heterocycles. The number of imidazole rings is 1. The number of carbonyl (C=O) groups is 1. The second kappa shape index (κ2) is 9.95. The Bertz CT molecular complexity index is 1920. The van der Waals surface area contributed by atoms with Gasteiger partial charge in [-0.2, -0.15) is 10.4 Å². The molecule has 2 saturated carbocycles. The Morgan fingerprint density at radius 3 is 2.81 bits per heavy atom. The van der Waals surface area contributed by atoms with Crippen LogP contribution < -0.4 is 10.5 Å². The van der Waals surface area contributed by atoms with E-state index in [4.69, 9.17) is 20.4 Å². The molecule has 2 aliphatic carbocycles. The molecular formula is C32H33N9O2. The zero-order chi connectivity index (χ0) is 29.2. The van der Waals surface area contributed by atoms with Crippen molar-refractivity contribution in [2.24, 2.45) is 17.6 Å². The number of pyridine rings is 1. The number of nitrogens with two attached hydrogens (primary N) is 1. The van der Waals surface area contributed by atoms with Crippen LogP contribution in [0.25, 0.3) is 33.6 Å². The Kier molecular flexibility index (Phi) is 6.01. The van der Waals surface area contributed by atoms with Crippen molar-refractivity contribution >= 4 is 28.0 Å². The first-order chi connectivity index (χ1) is 21.0. The van der Waals surface area contributed by atoms with Crippen LogP contribution in [0, 0.1) is 23.2 Å². The first kappa shape index (κ1) is 26.0. The standard InChI is InChI=1S/C32H33N9O2/c1-43-27-13-23(32(42)40-18-22-6-7-25(40)28(22)34)11-24-29(27)41(17-20-14-36-38(15-20)10-8-33)31(37-24)26-12-21-3-2-9-35-30(21)39(26)16-19-4-5-19/h2-3,9,11-15,19,22,25,28H,4-7,10,16-18,34H2,1H3/t22?,25?,28-/m1/s1. The maximum Gasteiger partial charge on any atom is 0.254 e. The number of ether oxygens (including phenoxy) is 1. The summed E-state index contributed by atoms with van der Waals surface area (Å²) < 4.78 is 12.0. The Morgan fingerprint density at radius 1 is 1.19 bits per heavy atom. The van der Waals surface area contributed by atoms with E-state index in [9.17, 15) is 10.1 Å². The third-order valence-electron chi connectivity index (χ3n) is 9.47. The van der Waals surface area contributed by atoms with Gasteiger partial charge in [-0.25, -0.2) is 9.97 Å². The summed E-state index contributed by atoms with van der Waals surface area (Å²) in [7, 11) is 1.63.